The first-order chi connectivity index (χ1) is 13.8. The molecule has 150 valence electrons. The molecule has 3 rings (SSSR count). The summed E-state index contributed by atoms with van der Waals surface area (Å²) < 4.78 is 16.6. The minimum absolute atomic E-state index is 0.323. The number of nitrogens with zero attached hydrogens (tertiary/aromatic N) is 1. The molecule has 1 atom stereocenters. The summed E-state index contributed by atoms with van der Waals surface area (Å²) in [5.41, 5.74) is 1.38. The zero-order chi connectivity index (χ0) is 21.0. The van der Waals surface area contributed by atoms with Crippen molar-refractivity contribution in [2.24, 2.45) is 0 Å². The summed E-state index contributed by atoms with van der Waals surface area (Å²) in [5.74, 6) is -0.128. The van der Waals surface area contributed by atoms with E-state index in [1.54, 1.807) is 30.3 Å². The Hall–Kier alpha value is -3.53. The van der Waals surface area contributed by atoms with Gasteiger partial charge in [0, 0.05) is 12.0 Å². The molecule has 1 aliphatic rings. The summed E-state index contributed by atoms with van der Waals surface area (Å²) in [5, 5.41) is 11.7. The number of benzene rings is 2. The van der Waals surface area contributed by atoms with Gasteiger partial charge in [0.05, 0.1) is 11.3 Å². The molecule has 0 saturated carbocycles. The third kappa shape index (κ3) is 4.85. The predicted molar refractivity (Wildman–Crippen MR) is 106 cm³/mol. The third-order valence-electron chi connectivity index (χ3n) is 4.38. The normalized spacial score (nSPS) is 14.7. The van der Waals surface area contributed by atoms with Gasteiger partial charge in [0.1, 0.15) is 11.7 Å². The number of fused-ring (bicyclic) bond motifs is 1. The quantitative estimate of drug-likeness (QED) is 0.756. The first-order valence-electron chi connectivity index (χ1n) is 9.22. The highest BCUT2D eigenvalue weighted by atomic mass is 16.6. The predicted octanol–water partition coefficient (Wildman–Crippen LogP) is 3.22. The van der Waals surface area contributed by atoms with E-state index in [1.807, 2.05) is 32.0 Å². The van der Waals surface area contributed by atoms with E-state index in [4.69, 9.17) is 19.5 Å². The molecular formula is C22H22N2O5. The number of rotatable bonds is 6. The smallest absolute Gasteiger partial charge is 0.344 e. The Morgan fingerprint density at radius 2 is 2.00 bits per heavy atom. The van der Waals surface area contributed by atoms with Crippen molar-refractivity contribution in [3.8, 4) is 17.6 Å². The van der Waals surface area contributed by atoms with Crippen LogP contribution in [0, 0.1) is 11.3 Å². The standard InChI is InChI=1S/C22H22N2O5/c1-14(21(26)24-17-9-5-4-7-16(17)12-23)28-19(25)13-27-18-10-6-8-15-11-22(2,3)29-20(15)18/h4-10,14H,11,13H2,1-3H3,(H,24,26). The van der Waals surface area contributed by atoms with Crippen molar-refractivity contribution in [2.45, 2.75) is 38.9 Å². The molecule has 0 aliphatic carbocycles. The van der Waals surface area contributed by atoms with E-state index < -0.39 is 18.0 Å². The lowest BCUT2D eigenvalue weighted by Crippen LogP contribution is -2.32. The van der Waals surface area contributed by atoms with Crippen LogP contribution in [0.25, 0.3) is 0 Å². The molecule has 0 bridgehead atoms. The molecule has 0 fully saturated rings. The second-order valence-corrected chi connectivity index (χ2v) is 7.35. The topological polar surface area (TPSA) is 97.7 Å². The molecular weight excluding hydrogens is 372 g/mol. The number of anilines is 1. The van der Waals surface area contributed by atoms with Gasteiger partial charge in [-0.3, -0.25) is 4.79 Å². The zero-order valence-corrected chi connectivity index (χ0v) is 16.5. The van der Waals surface area contributed by atoms with E-state index in [2.05, 4.69) is 5.32 Å². The second kappa shape index (κ2) is 8.23. The molecule has 0 spiro atoms. The van der Waals surface area contributed by atoms with Crippen LogP contribution in [0.5, 0.6) is 11.5 Å². The van der Waals surface area contributed by atoms with Crippen molar-refractivity contribution >= 4 is 17.6 Å². The fraction of sp³-hybridized carbons (Fsp3) is 0.318. The van der Waals surface area contributed by atoms with E-state index in [9.17, 15) is 9.59 Å². The summed E-state index contributed by atoms with van der Waals surface area (Å²) in [6.45, 7) is 5.06. The van der Waals surface area contributed by atoms with Crippen molar-refractivity contribution < 1.29 is 23.8 Å². The number of hydrogen-bond acceptors (Lipinski definition) is 6. The Morgan fingerprint density at radius 3 is 2.76 bits per heavy atom. The maximum absolute atomic E-state index is 12.3. The van der Waals surface area contributed by atoms with Crippen LogP contribution in [0.1, 0.15) is 31.9 Å². The number of ether oxygens (including phenoxy) is 3. The summed E-state index contributed by atoms with van der Waals surface area (Å²) in [4.78, 5) is 24.4. The van der Waals surface area contributed by atoms with Crippen molar-refractivity contribution in [3.63, 3.8) is 0 Å². The second-order valence-electron chi connectivity index (χ2n) is 7.35. The SMILES string of the molecule is CC(OC(=O)COc1cccc2c1OC(C)(C)C2)C(=O)Nc1ccccc1C#N. The first-order valence-corrected chi connectivity index (χ1v) is 9.22. The summed E-state index contributed by atoms with van der Waals surface area (Å²) in [6, 6.07) is 14.1. The highest BCUT2D eigenvalue weighted by Gasteiger charge is 2.32. The molecule has 1 amide bonds. The van der Waals surface area contributed by atoms with Crippen LogP contribution in [-0.4, -0.2) is 30.2 Å². The Labute approximate surface area is 169 Å². The van der Waals surface area contributed by atoms with Crippen LogP contribution >= 0.6 is 0 Å². The number of amides is 1. The van der Waals surface area contributed by atoms with E-state index in [1.165, 1.54) is 6.92 Å². The van der Waals surface area contributed by atoms with Gasteiger partial charge in [-0.1, -0.05) is 24.3 Å². The Morgan fingerprint density at radius 1 is 1.24 bits per heavy atom. The van der Waals surface area contributed by atoms with Gasteiger partial charge in [0.15, 0.2) is 24.2 Å². The molecule has 29 heavy (non-hydrogen) atoms. The fourth-order valence-corrected chi connectivity index (χ4v) is 3.05. The van der Waals surface area contributed by atoms with Gasteiger partial charge < -0.3 is 19.5 Å². The average Bonchev–Trinajstić information content (AvgIpc) is 3.01. The molecule has 2 aromatic carbocycles. The van der Waals surface area contributed by atoms with Crippen molar-refractivity contribution in [1.29, 1.82) is 5.26 Å². The highest BCUT2D eigenvalue weighted by molar-refractivity contribution is 5.96. The van der Waals surface area contributed by atoms with Crippen molar-refractivity contribution in [1.82, 2.24) is 0 Å². The molecule has 1 heterocycles. The van der Waals surface area contributed by atoms with Crippen LogP contribution in [0.2, 0.25) is 0 Å². The molecule has 7 heteroatoms. The van der Waals surface area contributed by atoms with Gasteiger partial charge in [-0.15, -0.1) is 0 Å². The van der Waals surface area contributed by atoms with Gasteiger partial charge >= 0.3 is 5.97 Å². The Kier molecular flexibility index (Phi) is 5.74. The van der Waals surface area contributed by atoms with Crippen LogP contribution in [0.3, 0.4) is 0 Å². The lowest BCUT2D eigenvalue weighted by Gasteiger charge is -2.18. The highest BCUT2D eigenvalue weighted by Crippen LogP contribution is 2.41. The third-order valence-corrected chi connectivity index (χ3v) is 4.38. The molecule has 0 aromatic heterocycles. The van der Waals surface area contributed by atoms with Crippen LogP contribution < -0.4 is 14.8 Å². The van der Waals surface area contributed by atoms with Crippen molar-refractivity contribution in [3.05, 3.63) is 53.6 Å². The summed E-state index contributed by atoms with van der Waals surface area (Å²) in [6.07, 6.45) is -0.291. The summed E-state index contributed by atoms with van der Waals surface area (Å²) >= 11 is 0. The number of hydrogen-bond donors (Lipinski definition) is 1. The number of nitriles is 1. The van der Waals surface area contributed by atoms with Gasteiger partial charge in [-0.25, -0.2) is 4.79 Å². The van der Waals surface area contributed by atoms with Crippen LogP contribution in [0.15, 0.2) is 42.5 Å². The molecule has 0 saturated heterocycles. The van der Waals surface area contributed by atoms with Gasteiger partial charge in [0.25, 0.3) is 5.91 Å². The lowest BCUT2D eigenvalue weighted by atomic mass is 10.0. The van der Waals surface area contributed by atoms with E-state index in [0.717, 1.165) is 12.0 Å². The minimum atomic E-state index is -1.05. The van der Waals surface area contributed by atoms with Gasteiger partial charge in [-0.2, -0.15) is 5.26 Å². The number of esters is 1. The van der Waals surface area contributed by atoms with E-state index in [0.29, 0.717) is 22.7 Å². The average molecular weight is 394 g/mol. The summed E-state index contributed by atoms with van der Waals surface area (Å²) in [7, 11) is 0. The fourth-order valence-electron chi connectivity index (χ4n) is 3.05. The van der Waals surface area contributed by atoms with Gasteiger partial charge in [0.2, 0.25) is 0 Å². The first kappa shape index (κ1) is 20.2. The number of carbonyl (C=O) groups excluding carboxylic acids is 2. The maximum Gasteiger partial charge on any atom is 0.344 e. The lowest BCUT2D eigenvalue weighted by molar-refractivity contribution is -0.155. The molecule has 1 N–H and O–H groups in total. The number of para-hydroxylation sites is 2. The molecule has 7 nitrogen and oxygen atoms in total. The van der Waals surface area contributed by atoms with Crippen molar-refractivity contribution in [2.75, 3.05) is 11.9 Å². The van der Waals surface area contributed by atoms with Gasteiger partial charge in [-0.05, 0) is 39.0 Å². The molecule has 1 unspecified atom stereocenters. The van der Waals surface area contributed by atoms with Crippen LogP contribution in [0.4, 0.5) is 5.69 Å². The van der Waals surface area contributed by atoms with E-state index in [-0.39, 0.29) is 12.2 Å². The maximum atomic E-state index is 12.3. The van der Waals surface area contributed by atoms with Crippen LogP contribution in [-0.2, 0) is 20.7 Å². The van der Waals surface area contributed by atoms with E-state index >= 15 is 0 Å². The molecule has 2 aromatic rings. The minimum Gasteiger partial charge on any atom is -0.483 e. The number of nitrogens with one attached hydrogen (secondary N) is 1. The zero-order valence-electron chi connectivity index (χ0n) is 16.5. The Balaban J connectivity index is 1.55. The molecule has 0 radical (unpaired) electrons. The monoisotopic (exact) mass is 394 g/mol. The largest absolute Gasteiger partial charge is 0.483 e. The number of carbonyl (C=O) groups is 2. The molecule has 1 aliphatic heterocycles. The Bertz CT molecular complexity index is 977.